The summed E-state index contributed by atoms with van der Waals surface area (Å²) >= 11 is 11.7. The van der Waals surface area contributed by atoms with Crippen LogP contribution in [0.3, 0.4) is 0 Å². The van der Waals surface area contributed by atoms with Crippen molar-refractivity contribution in [2.24, 2.45) is 0 Å². The summed E-state index contributed by atoms with van der Waals surface area (Å²) in [5, 5.41) is 0.0962. The van der Waals surface area contributed by atoms with E-state index >= 15 is 0 Å². The van der Waals surface area contributed by atoms with Gasteiger partial charge in [0, 0.05) is 18.7 Å². The van der Waals surface area contributed by atoms with Crippen LogP contribution in [0, 0.1) is 5.82 Å². The summed E-state index contributed by atoms with van der Waals surface area (Å²) in [6.45, 7) is 2.59. The second kappa shape index (κ2) is 6.09. The fourth-order valence-corrected chi connectivity index (χ4v) is 2.34. The molecule has 0 aliphatic carbocycles. The van der Waals surface area contributed by atoms with Crippen molar-refractivity contribution in [3.8, 4) is 11.4 Å². The minimum absolute atomic E-state index is 0.0111. The number of hydrogen-bond donors (Lipinski definition) is 0. The first-order valence-electron chi connectivity index (χ1n) is 6.33. The Kier molecular flexibility index (Phi) is 4.19. The maximum absolute atomic E-state index is 13.2. The molecule has 5 nitrogen and oxygen atoms in total. The van der Waals surface area contributed by atoms with E-state index in [9.17, 15) is 4.39 Å². The van der Waals surface area contributed by atoms with Crippen molar-refractivity contribution >= 4 is 29.2 Å². The molecule has 1 aromatic carbocycles. The van der Waals surface area contributed by atoms with Crippen molar-refractivity contribution < 1.29 is 9.13 Å². The van der Waals surface area contributed by atoms with E-state index in [-0.39, 0.29) is 10.3 Å². The fourth-order valence-electron chi connectivity index (χ4n) is 2.01. The Bertz CT molecular complexity index is 665. The molecule has 0 radical (unpaired) electrons. The van der Waals surface area contributed by atoms with Crippen molar-refractivity contribution in [3.63, 3.8) is 0 Å². The van der Waals surface area contributed by atoms with Gasteiger partial charge < -0.3 is 9.64 Å². The van der Waals surface area contributed by atoms with Crippen LogP contribution < -0.4 is 4.90 Å². The molecule has 1 aromatic heterocycles. The highest BCUT2D eigenvalue weighted by atomic mass is 35.5. The molecule has 1 aliphatic heterocycles. The summed E-state index contributed by atoms with van der Waals surface area (Å²) in [4.78, 5) is 14.5. The molecule has 1 saturated heterocycles. The van der Waals surface area contributed by atoms with Crippen molar-refractivity contribution in [2.45, 2.75) is 0 Å². The lowest BCUT2D eigenvalue weighted by atomic mass is 10.2. The molecule has 0 spiro atoms. The Morgan fingerprint density at radius 3 is 2.57 bits per heavy atom. The lowest BCUT2D eigenvalue weighted by Crippen LogP contribution is -2.37. The van der Waals surface area contributed by atoms with Gasteiger partial charge in [0.1, 0.15) is 5.82 Å². The number of benzene rings is 1. The number of ether oxygens (including phenoxy) is 1. The smallest absolute Gasteiger partial charge is 0.230 e. The molecular weight excluding hydrogens is 318 g/mol. The third-order valence-corrected chi connectivity index (χ3v) is 3.53. The zero-order valence-electron chi connectivity index (χ0n) is 10.9. The second-order valence-electron chi connectivity index (χ2n) is 4.46. The van der Waals surface area contributed by atoms with Gasteiger partial charge >= 0.3 is 0 Å². The van der Waals surface area contributed by atoms with Gasteiger partial charge in [-0.2, -0.15) is 15.0 Å². The molecular formula is C13H11Cl2FN4O. The number of hydrogen-bond acceptors (Lipinski definition) is 5. The van der Waals surface area contributed by atoms with Gasteiger partial charge in [-0.25, -0.2) is 4.39 Å². The third-order valence-electron chi connectivity index (χ3n) is 3.07. The van der Waals surface area contributed by atoms with Gasteiger partial charge in [-0.15, -0.1) is 0 Å². The molecule has 0 unspecified atom stereocenters. The SMILES string of the molecule is Fc1ccc(-c2nc(Cl)nc(N3CCOCC3)n2)cc1Cl. The zero-order valence-corrected chi connectivity index (χ0v) is 12.4. The van der Waals surface area contributed by atoms with Crippen LogP contribution in [0.15, 0.2) is 18.2 Å². The highest BCUT2D eigenvalue weighted by Gasteiger charge is 2.17. The summed E-state index contributed by atoms with van der Waals surface area (Å²) in [6, 6.07) is 4.28. The monoisotopic (exact) mass is 328 g/mol. The number of anilines is 1. The highest BCUT2D eigenvalue weighted by molar-refractivity contribution is 6.31. The lowest BCUT2D eigenvalue weighted by Gasteiger charge is -2.26. The molecule has 0 bridgehead atoms. The normalized spacial score (nSPS) is 15.3. The summed E-state index contributed by atoms with van der Waals surface area (Å²) in [5.41, 5.74) is 0.584. The Morgan fingerprint density at radius 1 is 1.10 bits per heavy atom. The molecule has 0 atom stereocenters. The molecule has 0 amide bonds. The Hall–Kier alpha value is -1.50. The van der Waals surface area contributed by atoms with Crippen LogP contribution in [0.2, 0.25) is 10.3 Å². The van der Waals surface area contributed by atoms with Crippen LogP contribution in [0.1, 0.15) is 0 Å². The molecule has 21 heavy (non-hydrogen) atoms. The summed E-state index contributed by atoms with van der Waals surface area (Å²) in [6.07, 6.45) is 0. The van der Waals surface area contributed by atoms with E-state index < -0.39 is 5.82 Å². The molecule has 8 heteroatoms. The minimum atomic E-state index is -0.492. The molecule has 1 fully saturated rings. The first-order valence-corrected chi connectivity index (χ1v) is 7.09. The van der Waals surface area contributed by atoms with Crippen LogP contribution in [0.25, 0.3) is 11.4 Å². The first kappa shape index (κ1) is 14.4. The van der Waals surface area contributed by atoms with Crippen molar-refractivity contribution in [2.75, 3.05) is 31.2 Å². The highest BCUT2D eigenvalue weighted by Crippen LogP contribution is 2.24. The topological polar surface area (TPSA) is 51.1 Å². The number of halogens is 3. The van der Waals surface area contributed by atoms with Gasteiger partial charge in [0.15, 0.2) is 5.82 Å². The lowest BCUT2D eigenvalue weighted by molar-refractivity contribution is 0.122. The quantitative estimate of drug-likeness (QED) is 0.848. The maximum atomic E-state index is 13.2. The van der Waals surface area contributed by atoms with Crippen LogP contribution in [0.5, 0.6) is 0 Å². The van der Waals surface area contributed by atoms with Gasteiger partial charge in [0.2, 0.25) is 11.2 Å². The standard InChI is InChI=1S/C13H11Cl2FN4O/c14-9-7-8(1-2-10(9)16)11-17-12(15)19-13(18-11)20-3-5-21-6-4-20/h1-2,7H,3-6H2. The van der Waals surface area contributed by atoms with E-state index in [1.54, 1.807) is 6.07 Å². The van der Waals surface area contributed by atoms with Gasteiger partial charge in [0.05, 0.1) is 18.2 Å². The minimum Gasteiger partial charge on any atom is -0.378 e. The summed E-state index contributed by atoms with van der Waals surface area (Å²) in [7, 11) is 0. The number of rotatable bonds is 2. The van der Waals surface area contributed by atoms with Crippen molar-refractivity contribution in [1.29, 1.82) is 0 Å². The number of aromatic nitrogens is 3. The van der Waals surface area contributed by atoms with E-state index in [0.29, 0.717) is 43.6 Å². The number of nitrogens with zero attached hydrogens (tertiary/aromatic N) is 4. The van der Waals surface area contributed by atoms with E-state index in [1.165, 1.54) is 12.1 Å². The predicted molar refractivity (Wildman–Crippen MR) is 78.3 cm³/mol. The van der Waals surface area contributed by atoms with Crippen LogP contribution in [-0.2, 0) is 4.74 Å². The summed E-state index contributed by atoms with van der Waals surface area (Å²) < 4.78 is 18.5. The van der Waals surface area contributed by atoms with Gasteiger partial charge in [-0.05, 0) is 29.8 Å². The Labute approximate surface area is 130 Å². The molecule has 110 valence electrons. The fraction of sp³-hybridized carbons (Fsp3) is 0.308. The van der Waals surface area contributed by atoms with E-state index in [0.717, 1.165) is 0 Å². The molecule has 2 heterocycles. The van der Waals surface area contributed by atoms with E-state index in [2.05, 4.69) is 15.0 Å². The average Bonchev–Trinajstić information content (AvgIpc) is 2.50. The molecule has 3 rings (SSSR count). The van der Waals surface area contributed by atoms with Crippen LogP contribution in [0.4, 0.5) is 10.3 Å². The third kappa shape index (κ3) is 3.23. The second-order valence-corrected chi connectivity index (χ2v) is 5.20. The average molecular weight is 329 g/mol. The molecule has 0 N–H and O–H groups in total. The predicted octanol–water partition coefficient (Wildman–Crippen LogP) is 2.82. The Morgan fingerprint density at radius 2 is 1.86 bits per heavy atom. The van der Waals surface area contributed by atoms with Crippen LogP contribution >= 0.6 is 23.2 Å². The van der Waals surface area contributed by atoms with Gasteiger partial charge in [-0.1, -0.05) is 11.6 Å². The summed E-state index contributed by atoms with van der Waals surface area (Å²) in [5.74, 6) is 0.348. The largest absolute Gasteiger partial charge is 0.378 e. The maximum Gasteiger partial charge on any atom is 0.230 e. The molecule has 0 saturated carbocycles. The van der Waals surface area contributed by atoms with E-state index in [4.69, 9.17) is 27.9 Å². The van der Waals surface area contributed by atoms with E-state index in [1.807, 2.05) is 4.90 Å². The van der Waals surface area contributed by atoms with Crippen molar-refractivity contribution in [3.05, 3.63) is 34.3 Å². The molecule has 1 aliphatic rings. The molecule has 2 aromatic rings. The zero-order chi connectivity index (χ0) is 14.8. The number of morpholine rings is 1. The van der Waals surface area contributed by atoms with Gasteiger partial charge in [-0.3, -0.25) is 0 Å². The van der Waals surface area contributed by atoms with Crippen LogP contribution in [-0.4, -0.2) is 41.3 Å². The van der Waals surface area contributed by atoms with Gasteiger partial charge in [0.25, 0.3) is 0 Å². The van der Waals surface area contributed by atoms with Crippen molar-refractivity contribution in [1.82, 2.24) is 15.0 Å². The Balaban J connectivity index is 1.98. The first-order chi connectivity index (χ1) is 10.1.